The van der Waals surface area contributed by atoms with Gasteiger partial charge in [0.1, 0.15) is 5.82 Å². The highest BCUT2D eigenvalue weighted by Crippen LogP contribution is 1.97. The van der Waals surface area contributed by atoms with E-state index in [4.69, 9.17) is 0 Å². The lowest BCUT2D eigenvalue weighted by atomic mass is 10.3. The molecular formula is C12H16N6O. The molecule has 0 bridgehead atoms. The molecule has 0 aliphatic carbocycles. The maximum Gasteiger partial charge on any atom is 0.254 e. The summed E-state index contributed by atoms with van der Waals surface area (Å²) in [4.78, 5) is 20.0. The Morgan fingerprint density at radius 2 is 2.16 bits per heavy atom. The molecule has 0 unspecified atom stereocenters. The van der Waals surface area contributed by atoms with Gasteiger partial charge in [-0.05, 0) is 6.42 Å². The first-order valence-electron chi connectivity index (χ1n) is 6.23. The topological polar surface area (TPSA) is 85.6 Å². The van der Waals surface area contributed by atoms with Crippen molar-refractivity contribution >= 4 is 5.91 Å². The standard InChI is InChI=1S/C12H16N6O/c1-2-11-14-8-10(9-15-11)12(19)13-4-3-6-18-7-5-16-17-18/h5,7-9H,2-4,6H2,1H3,(H,13,19). The van der Waals surface area contributed by atoms with Crippen LogP contribution >= 0.6 is 0 Å². The summed E-state index contributed by atoms with van der Waals surface area (Å²) in [5.41, 5.74) is 0.484. The zero-order valence-corrected chi connectivity index (χ0v) is 10.8. The van der Waals surface area contributed by atoms with Crippen LogP contribution in [0.25, 0.3) is 0 Å². The highest BCUT2D eigenvalue weighted by Gasteiger charge is 2.05. The van der Waals surface area contributed by atoms with Crippen molar-refractivity contribution in [2.24, 2.45) is 0 Å². The second kappa shape index (κ2) is 6.58. The number of hydrogen-bond donors (Lipinski definition) is 1. The fourth-order valence-corrected chi connectivity index (χ4v) is 1.55. The number of carbonyl (C=O) groups is 1. The number of carbonyl (C=O) groups excluding carboxylic acids is 1. The molecule has 1 N–H and O–H groups in total. The van der Waals surface area contributed by atoms with Crippen molar-refractivity contribution in [3.05, 3.63) is 36.2 Å². The van der Waals surface area contributed by atoms with Gasteiger partial charge >= 0.3 is 0 Å². The van der Waals surface area contributed by atoms with Crippen LogP contribution in [0.15, 0.2) is 24.8 Å². The number of aromatic nitrogens is 5. The van der Waals surface area contributed by atoms with Gasteiger partial charge in [0.05, 0.1) is 11.8 Å². The Morgan fingerprint density at radius 3 is 2.79 bits per heavy atom. The monoisotopic (exact) mass is 260 g/mol. The molecular weight excluding hydrogens is 244 g/mol. The molecule has 0 radical (unpaired) electrons. The molecule has 0 aliphatic rings. The van der Waals surface area contributed by atoms with Gasteiger partial charge < -0.3 is 5.32 Å². The van der Waals surface area contributed by atoms with Gasteiger partial charge in [-0.25, -0.2) is 9.97 Å². The van der Waals surface area contributed by atoms with Gasteiger partial charge in [-0.1, -0.05) is 12.1 Å². The second-order valence-corrected chi connectivity index (χ2v) is 4.02. The molecule has 7 heteroatoms. The first kappa shape index (κ1) is 13.1. The van der Waals surface area contributed by atoms with Crippen molar-refractivity contribution in [3.8, 4) is 0 Å². The molecule has 0 saturated heterocycles. The van der Waals surface area contributed by atoms with Crippen LogP contribution < -0.4 is 5.32 Å². The summed E-state index contributed by atoms with van der Waals surface area (Å²) < 4.78 is 1.73. The van der Waals surface area contributed by atoms with Crippen LogP contribution in [-0.2, 0) is 13.0 Å². The summed E-state index contributed by atoms with van der Waals surface area (Å²) >= 11 is 0. The van der Waals surface area contributed by atoms with Crippen molar-refractivity contribution < 1.29 is 4.79 Å². The highest BCUT2D eigenvalue weighted by molar-refractivity contribution is 5.93. The quantitative estimate of drug-likeness (QED) is 0.762. The number of hydrogen-bond acceptors (Lipinski definition) is 5. The Bertz CT molecular complexity index is 508. The molecule has 0 spiro atoms. The van der Waals surface area contributed by atoms with Gasteiger partial charge in [-0.3, -0.25) is 9.48 Å². The van der Waals surface area contributed by atoms with E-state index in [9.17, 15) is 4.79 Å². The Kier molecular flexibility index (Phi) is 4.54. The lowest BCUT2D eigenvalue weighted by molar-refractivity contribution is 0.0952. The van der Waals surface area contributed by atoms with Gasteiger partial charge in [0.15, 0.2) is 0 Å². The summed E-state index contributed by atoms with van der Waals surface area (Å²) in [6, 6.07) is 0. The van der Waals surface area contributed by atoms with Crippen molar-refractivity contribution in [3.63, 3.8) is 0 Å². The minimum Gasteiger partial charge on any atom is -0.352 e. The summed E-state index contributed by atoms with van der Waals surface area (Å²) in [6.45, 7) is 3.28. The predicted octanol–water partition coefficient (Wildman–Crippen LogP) is 0.451. The third-order valence-electron chi connectivity index (χ3n) is 2.61. The van der Waals surface area contributed by atoms with E-state index in [0.29, 0.717) is 12.1 Å². The molecule has 19 heavy (non-hydrogen) atoms. The molecule has 0 aromatic carbocycles. The minimum absolute atomic E-state index is 0.152. The third-order valence-corrected chi connectivity index (χ3v) is 2.61. The third kappa shape index (κ3) is 3.84. The minimum atomic E-state index is -0.152. The van der Waals surface area contributed by atoms with Crippen LogP contribution in [0, 0.1) is 0 Å². The largest absolute Gasteiger partial charge is 0.352 e. The molecule has 2 heterocycles. The number of rotatable bonds is 6. The van der Waals surface area contributed by atoms with Gasteiger partial charge in [0.2, 0.25) is 0 Å². The van der Waals surface area contributed by atoms with E-state index in [2.05, 4.69) is 25.6 Å². The molecule has 2 aromatic heterocycles. The van der Waals surface area contributed by atoms with E-state index < -0.39 is 0 Å². The average Bonchev–Trinajstić information content (AvgIpc) is 2.96. The lowest BCUT2D eigenvalue weighted by Crippen LogP contribution is -2.25. The van der Waals surface area contributed by atoms with Gasteiger partial charge in [0.25, 0.3) is 5.91 Å². The number of nitrogens with one attached hydrogen (secondary N) is 1. The van der Waals surface area contributed by atoms with E-state index in [1.54, 1.807) is 29.5 Å². The van der Waals surface area contributed by atoms with E-state index in [1.165, 1.54) is 0 Å². The molecule has 0 atom stereocenters. The summed E-state index contributed by atoms with van der Waals surface area (Å²) in [5, 5.41) is 10.4. The van der Waals surface area contributed by atoms with Crippen LogP contribution in [0.5, 0.6) is 0 Å². The van der Waals surface area contributed by atoms with Crippen molar-refractivity contribution in [2.75, 3.05) is 6.54 Å². The first-order valence-corrected chi connectivity index (χ1v) is 6.23. The summed E-state index contributed by atoms with van der Waals surface area (Å²) in [7, 11) is 0. The van der Waals surface area contributed by atoms with Gasteiger partial charge in [-0.2, -0.15) is 0 Å². The Balaban J connectivity index is 1.74. The van der Waals surface area contributed by atoms with E-state index in [0.717, 1.165) is 25.2 Å². The van der Waals surface area contributed by atoms with Gasteiger partial charge in [0, 0.05) is 38.1 Å². The molecule has 2 aromatic rings. The molecule has 100 valence electrons. The van der Waals surface area contributed by atoms with Crippen LogP contribution in [0.2, 0.25) is 0 Å². The first-order chi connectivity index (χ1) is 9.29. The van der Waals surface area contributed by atoms with E-state index in [1.807, 2.05) is 6.92 Å². The molecule has 7 nitrogen and oxygen atoms in total. The van der Waals surface area contributed by atoms with Crippen LogP contribution in [0.1, 0.15) is 29.5 Å². The number of nitrogens with zero attached hydrogens (tertiary/aromatic N) is 5. The fraction of sp³-hybridized carbons (Fsp3) is 0.417. The van der Waals surface area contributed by atoms with Gasteiger partial charge in [-0.15, -0.1) is 5.10 Å². The molecule has 2 rings (SSSR count). The number of aryl methyl sites for hydroxylation is 2. The predicted molar refractivity (Wildman–Crippen MR) is 68.4 cm³/mol. The van der Waals surface area contributed by atoms with E-state index in [-0.39, 0.29) is 5.91 Å². The highest BCUT2D eigenvalue weighted by atomic mass is 16.1. The Morgan fingerprint density at radius 1 is 1.37 bits per heavy atom. The maximum absolute atomic E-state index is 11.8. The van der Waals surface area contributed by atoms with E-state index >= 15 is 0 Å². The maximum atomic E-state index is 11.8. The SMILES string of the molecule is CCc1ncc(C(=O)NCCCn2ccnn2)cn1. The Hall–Kier alpha value is -2.31. The zero-order valence-electron chi connectivity index (χ0n) is 10.8. The fourth-order valence-electron chi connectivity index (χ4n) is 1.55. The van der Waals surface area contributed by atoms with Crippen molar-refractivity contribution in [2.45, 2.75) is 26.3 Å². The normalized spacial score (nSPS) is 10.4. The summed E-state index contributed by atoms with van der Waals surface area (Å²) in [5.74, 6) is 0.587. The average molecular weight is 260 g/mol. The second-order valence-electron chi connectivity index (χ2n) is 4.02. The Labute approximate surface area is 111 Å². The lowest BCUT2D eigenvalue weighted by Gasteiger charge is -2.05. The number of amides is 1. The molecule has 0 saturated carbocycles. The van der Waals surface area contributed by atoms with Crippen LogP contribution in [-0.4, -0.2) is 37.4 Å². The van der Waals surface area contributed by atoms with Crippen LogP contribution in [0.3, 0.4) is 0 Å². The smallest absolute Gasteiger partial charge is 0.254 e. The van der Waals surface area contributed by atoms with Crippen LogP contribution in [0.4, 0.5) is 0 Å². The molecule has 0 fully saturated rings. The molecule has 1 amide bonds. The van der Waals surface area contributed by atoms with Crippen molar-refractivity contribution in [1.29, 1.82) is 0 Å². The molecule has 0 aliphatic heterocycles. The van der Waals surface area contributed by atoms with Crippen molar-refractivity contribution in [1.82, 2.24) is 30.3 Å². The zero-order chi connectivity index (χ0) is 13.5. The summed E-state index contributed by atoms with van der Waals surface area (Å²) in [6.07, 6.45) is 8.09.